The van der Waals surface area contributed by atoms with Crippen LogP contribution in [0.15, 0.2) is 176 Å². The third-order valence-corrected chi connectivity index (χ3v) is 10.2. The van der Waals surface area contributed by atoms with Crippen LogP contribution < -0.4 is 4.90 Å². The highest BCUT2D eigenvalue weighted by Gasteiger charge is 2.16. The maximum atomic E-state index is 2.38. The van der Waals surface area contributed by atoms with Gasteiger partial charge >= 0.3 is 0 Å². The number of fused-ring (bicyclic) bond motifs is 5. The zero-order valence-corrected chi connectivity index (χ0v) is 27.4. The Kier molecular flexibility index (Phi) is 7.49. The van der Waals surface area contributed by atoms with Crippen molar-refractivity contribution in [3.8, 4) is 22.3 Å². The lowest BCUT2D eigenvalue weighted by Crippen LogP contribution is -2.09. The molecule has 0 atom stereocenters. The SMILES string of the molecule is S.c1ccc2c(-c3ccc(N(c4ccc(-c5cccc6ccccc56)cc4)c4ccc5sc6ccccc6c5c4)cc3)cccc2c1. The van der Waals surface area contributed by atoms with E-state index in [4.69, 9.17) is 0 Å². The van der Waals surface area contributed by atoms with Gasteiger partial charge in [-0.15, -0.1) is 11.3 Å². The molecule has 0 amide bonds. The normalized spacial score (nSPS) is 11.2. The highest BCUT2D eigenvalue weighted by atomic mass is 32.1. The first-order valence-electron chi connectivity index (χ1n) is 15.7. The van der Waals surface area contributed by atoms with Gasteiger partial charge in [0.2, 0.25) is 0 Å². The van der Waals surface area contributed by atoms with E-state index in [1.54, 1.807) is 0 Å². The summed E-state index contributed by atoms with van der Waals surface area (Å²) in [6.45, 7) is 0. The molecule has 1 aromatic heterocycles. The molecule has 47 heavy (non-hydrogen) atoms. The maximum absolute atomic E-state index is 2.38. The highest BCUT2D eigenvalue weighted by molar-refractivity contribution is 7.59. The van der Waals surface area contributed by atoms with Crippen molar-refractivity contribution in [3.05, 3.63) is 176 Å². The Bertz CT molecular complexity index is 2390. The number of anilines is 3. The van der Waals surface area contributed by atoms with Crippen molar-refractivity contribution in [1.29, 1.82) is 0 Å². The molecule has 0 radical (unpaired) electrons. The molecular weight excluding hydrogens is 607 g/mol. The Hall–Kier alpha value is -5.35. The Labute approximate surface area is 285 Å². The van der Waals surface area contributed by atoms with E-state index >= 15 is 0 Å². The molecule has 0 unspecified atom stereocenters. The van der Waals surface area contributed by atoms with Crippen LogP contribution in [0.4, 0.5) is 17.1 Å². The van der Waals surface area contributed by atoms with Crippen molar-refractivity contribution in [3.63, 3.8) is 0 Å². The molecule has 9 rings (SSSR count). The van der Waals surface area contributed by atoms with Crippen LogP contribution in [0, 0.1) is 0 Å². The quantitative estimate of drug-likeness (QED) is 0.181. The number of hydrogen-bond donors (Lipinski definition) is 0. The van der Waals surface area contributed by atoms with E-state index in [1.807, 2.05) is 11.3 Å². The number of thiophene rings is 1. The molecule has 1 heterocycles. The van der Waals surface area contributed by atoms with Gasteiger partial charge in [-0.1, -0.05) is 127 Å². The van der Waals surface area contributed by atoms with Crippen LogP contribution in [-0.2, 0) is 0 Å². The standard InChI is InChI=1S/C44H29NS.H2S/c1-3-13-37-30(9-1)11-7-16-39(37)32-19-23-34(24-20-32)45(36-27-28-44-42(29-36)41-15-5-6-18-43(41)46-44)35-25-21-33(22-26-35)40-17-8-12-31-10-2-4-14-38(31)40;/h1-29H;1H2. The van der Waals surface area contributed by atoms with Crippen molar-refractivity contribution >= 4 is 83.6 Å². The van der Waals surface area contributed by atoms with Crippen LogP contribution in [0.2, 0.25) is 0 Å². The van der Waals surface area contributed by atoms with Crippen molar-refractivity contribution in [2.24, 2.45) is 0 Å². The van der Waals surface area contributed by atoms with Gasteiger partial charge in [0.1, 0.15) is 0 Å². The number of nitrogens with zero attached hydrogens (tertiary/aromatic N) is 1. The second kappa shape index (κ2) is 12.1. The van der Waals surface area contributed by atoms with Gasteiger partial charge in [0.05, 0.1) is 0 Å². The molecule has 0 saturated carbocycles. The second-order valence-electron chi connectivity index (χ2n) is 11.8. The molecule has 0 saturated heterocycles. The highest BCUT2D eigenvalue weighted by Crippen LogP contribution is 2.42. The zero-order valence-electron chi connectivity index (χ0n) is 25.6. The van der Waals surface area contributed by atoms with E-state index in [9.17, 15) is 0 Å². The first-order valence-corrected chi connectivity index (χ1v) is 16.5. The smallest absolute Gasteiger partial charge is 0.0468 e. The topological polar surface area (TPSA) is 3.24 Å². The maximum Gasteiger partial charge on any atom is 0.0468 e. The van der Waals surface area contributed by atoms with E-state index in [0.29, 0.717) is 0 Å². The van der Waals surface area contributed by atoms with E-state index in [1.165, 1.54) is 64.0 Å². The van der Waals surface area contributed by atoms with E-state index in [-0.39, 0.29) is 13.5 Å². The molecule has 1 nitrogen and oxygen atoms in total. The summed E-state index contributed by atoms with van der Waals surface area (Å²) in [6, 6.07) is 64.0. The Balaban J connectivity index is 0.00000324. The van der Waals surface area contributed by atoms with Crippen LogP contribution in [0.25, 0.3) is 64.0 Å². The van der Waals surface area contributed by atoms with Crippen molar-refractivity contribution in [2.75, 3.05) is 4.90 Å². The van der Waals surface area contributed by atoms with Gasteiger partial charge in [0.15, 0.2) is 0 Å². The Morgan fingerprint density at radius 1 is 0.340 bits per heavy atom. The molecule has 3 heteroatoms. The minimum Gasteiger partial charge on any atom is -0.310 e. The lowest BCUT2D eigenvalue weighted by molar-refractivity contribution is 1.29. The molecule has 0 bridgehead atoms. The summed E-state index contributed by atoms with van der Waals surface area (Å²) in [5.74, 6) is 0. The minimum atomic E-state index is 0. The minimum absolute atomic E-state index is 0. The van der Waals surface area contributed by atoms with Crippen molar-refractivity contribution in [2.45, 2.75) is 0 Å². The predicted molar refractivity (Wildman–Crippen MR) is 210 cm³/mol. The van der Waals surface area contributed by atoms with Crippen LogP contribution in [0.1, 0.15) is 0 Å². The summed E-state index contributed by atoms with van der Waals surface area (Å²) in [7, 11) is 0. The van der Waals surface area contributed by atoms with Crippen molar-refractivity contribution < 1.29 is 0 Å². The first kappa shape index (κ1) is 29.1. The third kappa shape index (κ3) is 5.14. The molecule has 0 spiro atoms. The van der Waals surface area contributed by atoms with Crippen LogP contribution in [0.3, 0.4) is 0 Å². The molecule has 0 fully saturated rings. The number of rotatable bonds is 5. The lowest BCUT2D eigenvalue weighted by Gasteiger charge is -2.26. The Morgan fingerprint density at radius 3 is 1.36 bits per heavy atom. The molecule has 8 aromatic carbocycles. The summed E-state index contributed by atoms with van der Waals surface area (Å²) >= 11 is 1.86. The average molecular weight is 638 g/mol. The van der Waals surface area contributed by atoms with Crippen LogP contribution in [0.5, 0.6) is 0 Å². The molecule has 0 aliphatic carbocycles. The fourth-order valence-corrected chi connectivity index (χ4v) is 7.92. The zero-order chi connectivity index (χ0) is 30.5. The molecule has 9 aromatic rings. The van der Waals surface area contributed by atoms with Crippen molar-refractivity contribution in [1.82, 2.24) is 0 Å². The summed E-state index contributed by atoms with van der Waals surface area (Å²) in [5, 5.41) is 7.66. The monoisotopic (exact) mass is 637 g/mol. The molecule has 0 aliphatic rings. The van der Waals surface area contributed by atoms with E-state index in [0.717, 1.165) is 17.1 Å². The van der Waals surface area contributed by atoms with Gasteiger partial charge in [-0.2, -0.15) is 13.5 Å². The molecule has 0 aliphatic heterocycles. The van der Waals surface area contributed by atoms with Gasteiger partial charge in [0, 0.05) is 37.2 Å². The van der Waals surface area contributed by atoms with Gasteiger partial charge < -0.3 is 4.90 Å². The van der Waals surface area contributed by atoms with E-state index in [2.05, 4.69) is 181 Å². The van der Waals surface area contributed by atoms with Gasteiger partial charge in [-0.25, -0.2) is 0 Å². The fourth-order valence-electron chi connectivity index (χ4n) is 6.83. The largest absolute Gasteiger partial charge is 0.310 e. The molecule has 0 N–H and O–H groups in total. The van der Waals surface area contributed by atoms with Gasteiger partial charge in [0.25, 0.3) is 0 Å². The number of hydrogen-bond acceptors (Lipinski definition) is 2. The van der Waals surface area contributed by atoms with Crippen LogP contribution >= 0.6 is 24.8 Å². The summed E-state index contributed by atoms with van der Waals surface area (Å²) in [5.41, 5.74) is 8.33. The second-order valence-corrected chi connectivity index (χ2v) is 12.8. The summed E-state index contributed by atoms with van der Waals surface area (Å²) < 4.78 is 2.63. The molecular formula is C44H31NS2. The van der Waals surface area contributed by atoms with Crippen LogP contribution in [-0.4, -0.2) is 0 Å². The average Bonchev–Trinajstić information content (AvgIpc) is 3.50. The van der Waals surface area contributed by atoms with Gasteiger partial charge in [-0.3, -0.25) is 0 Å². The Morgan fingerprint density at radius 2 is 0.787 bits per heavy atom. The van der Waals surface area contributed by atoms with E-state index < -0.39 is 0 Å². The fraction of sp³-hybridized carbons (Fsp3) is 0. The number of benzene rings is 8. The summed E-state index contributed by atoms with van der Waals surface area (Å²) in [6.07, 6.45) is 0. The van der Waals surface area contributed by atoms with Gasteiger partial charge in [-0.05, 0) is 92.3 Å². The first-order chi connectivity index (χ1) is 22.8. The lowest BCUT2D eigenvalue weighted by atomic mass is 9.97. The third-order valence-electron chi connectivity index (χ3n) is 9.07. The molecule has 224 valence electrons. The predicted octanol–water partition coefficient (Wildman–Crippen LogP) is 13.3. The summed E-state index contributed by atoms with van der Waals surface area (Å²) in [4.78, 5) is 2.38.